The molecule has 0 atom stereocenters. The molecule has 1 aromatic rings. The Bertz CT molecular complexity index is 545. The van der Waals surface area contributed by atoms with E-state index < -0.39 is 16.0 Å². The predicted molar refractivity (Wildman–Crippen MR) is 63.3 cm³/mol. The molecule has 0 saturated heterocycles. The van der Waals surface area contributed by atoms with Crippen LogP contribution in [0.4, 0.5) is 5.69 Å². The Morgan fingerprint density at radius 1 is 1.19 bits per heavy atom. The van der Waals surface area contributed by atoms with Crippen molar-refractivity contribution in [3.05, 3.63) is 23.3 Å². The molecule has 0 spiro atoms. The van der Waals surface area contributed by atoms with E-state index in [0.29, 0.717) is 0 Å². The Morgan fingerprint density at radius 3 is 2.19 bits per heavy atom. The van der Waals surface area contributed by atoms with Crippen molar-refractivity contribution < 1.29 is 8.42 Å². The van der Waals surface area contributed by atoms with Gasteiger partial charge in [-0.15, -0.1) is 4.40 Å². The molecule has 6 N–H and O–H groups in total. The largest absolute Gasteiger partial charge is 0.398 e. The average molecular weight is 242 g/mol. The zero-order valence-corrected chi connectivity index (χ0v) is 9.88. The molecule has 0 aliphatic heterocycles. The van der Waals surface area contributed by atoms with Gasteiger partial charge in [-0.1, -0.05) is 0 Å². The molecular weight excluding hydrogens is 228 g/mol. The molecule has 0 aliphatic carbocycles. The highest BCUT2D eigenvalue weighted by Crippen LogP contribution is 2.24. The van der Waals surface area contributed by atoms with E-state index in [1.807, 2.05) is 6.92 Å². The van der Waals surface area contributed by atoms with E-state index in [0.717, 1.165) is 11.1 Å². The standard InChI is InChI=1S/C9H14N4O2S/c1-5-3-7(10)8(4-6(5)2)16(14,15)13-9(11)12/h3-4H,10H2,1-2H3,(H4,11,12,13). The van der Waals surface area contributed by atoms with E-state index in [9.17, 15) is 8.42 Å². The number of anilines is 1. The minimum absolute atomic E-state index is 0.0796. The van der Waals surface area contributed by atoms with Crippen molar-refractivity contribution in [2.24, 2.45) is 15.9 Å². The summed E-state index contributed by atoms with van der Waals surface area (Å²) in [6.45, 7) is 3.62. The number of hydrogen-bond acceptors (Lipinski definition) is 3. The molecule has 0 unspecified atom stereocenters. The number of nitrogens with zero attached hydrogens (tertiary/aromatic N) is 1. The number of aryl methyl sites for hydroxylation is 2. The molecule has 0 fully saturated rings. The van der Waals surface area contributed by atoms with Gasteiger partial charge in [-0.2, -0.15) is 8.42 Å². The maximum atomic E-state index is 11.7. The summed E-state index contributed by atoms with van der Waals surface area (Å²) in [7, 11) is -3.92. The van der Waals surface area contributed by atoms with E-state index in [1.165, 1.54) is 6.07 Å². The fraction of sp³-hybridized carbons (Fsp3) is 0.222. The van der Waals surface area contributed by atoms with Gasteiger partial charge in [-0.3, -0.25) is 0 Å². The highest BCUT2D eigenvalue weighted by atomic mass is 32.2. The molecule has 0 radical (unpaired) electrons. The Labute approximate surface area is 94.2 Å². The number of rotatable bonds is 2. The van der Waals surface area contributed by atoms with Crippen molar-refractivity contribution in [1.82, 2.24) is 0 Å². The molecule has 1 aromatic carbocycles. The van der Waals surface area contributed by atoms with Crippen LogP contribution in [0.25, 0.3) is 0 Å². The predicted octanol–water partition coefficient (Wildman–Crippen LogP) is -0.152. The fourth-order valence-electron chi connectivity index (χ4n) is 1.22. The normalized spacial score (nSPS) is 11.1. The third-order valence-corrected chi connectivity index (χ3v) is 3.49. The molecule has 0 amide bonds. The Balaban J connectivity index is 3.46. The van der Waals surface area contributed by atoms with Crippen molar-refractivity contribution in [3.63, 3.8) is 0 Å². The first-order valence-corrected chi connectivity index (χ1v) is 5.90. The van der Waals surface area contributed by atoms with Gasteiger partial charge in [-0.05, 0) is 37.1 Å². The highest BCUT2D eigenvalue weighted by molar-refractivity contribution is 7.90. The molecule has 0 bridgehead atoms. The van der Waals surface area contributed by atoms with E-state index in [2.05, 4.69) is 4.40 Å². The van der Waals surface area contributed by atoms with Crippen molar-refractivity contribution in [3.8, 4) is 0 Å². The first-order chi connectivity index (χ1) is 7.24. The zero-order chi connectivity index (χ0) is 12.5. The summed E-state index contributed by atoms with van der Waals surface area (Å²) in [4.78, 5) is -0.0796. The zero-order valence-electron chi connectivity index (χ0n) is 9.06. The number of benzene rings is 1. The molecular formula is C9H14N4O2S. The van der Waals surface area contributed by atoms with Gasteiger partial charge in [0.05, 0.1) is 5.69 Å². The SMILES string of the molecule is Cc1cc(N)c(S(=O)(=O)N=C(N)N)cc1C. The molecule has 1 rings (SSSR count). The smallest absolute Gasteiger partial charge is 0.287 e. The van der Waals surface area contributed by atoms with Crippen molar-refractivity contribution >= 4 is 21.7 Å². The highest BCUT2D eigenvalue weighted by Gasteiger charge is 2.17. The van der Waals surface area contributed by atoms with Gasteiger partial charge in [0.25, 0.3) is 10.0 Å². The third-order valence-electron chi connectivity index (χ3n) is 2.13. The summed E-state index contributed by atoms with van der Waals surface area (Å²) in [6.07, 6.45) is 0. The van der Waals surface area contributed by atoms with E-state index in [-0.39, 0.29) is 10.6 Å². The van der Waals surface area contributed by atoms with Crippen LogP contribution >= 0.6 is 0 Å². The second-order valence-corrected chi connectivity index (χ2v) is 5.04. The number of hydrogen-bond donors (Lipinski definition) is 3. The lowest BCUT2D eigenvalue weighted by molar-refractivity contribution is 0.598. The number of nitrogen functional groups attached to an aromatic ring is 1. The number of sulfonamides is 1. The number of nitrogens with two attached hydrogens (primary N) is 3. The van der Waals surface area contributed by atoms with Crippen LogP contribution in [0.3, 0.4) is 0 Å². The van der Waals surface area contributed by atoms with Gasteiger partial charge in [0.2, 0.25) is 5.96 Å². The summed E-state index contributed by atoms with van der Waals surface area (Å²) < 4.78 is 26.6. The minimum Gasteiger partial charge on any atom is -0.398 e. The fourth-order valence-corrected chi connectivity index (χ4v) is 2.28. The second kappa shape index (κ2) is 4.01. The maximum Gasteiger partial charge on any atom is 0.287 e. The van der Waals surface area contributed by atoms with Crippen molar-refractivity contribution in [1.29, 1.82) is 0 Å². The van der Waals surface area contributed by atoms with E-state index in [1.54, 1.807) is 13.0 Å². The summed E-state index contributed by atoms with van der Waals surface area (Å²) in [5, 5.41) is 0. The van der Waals surface area contributed by atoms with Gasteiger partial charge in [0.15, 0.2) is 0 Å². The van der Waals surface area contributed by atoms with Gasteiger partial charge in [0.1, 0.15) is 4.90 Å². The lowest BCUT2D eigenvalue weighted by atomic mass is 10.1. The summed E-state index contributed by atoms with van der Waals surface area (Å²) in [5.41, 5.74) is 17.5. The Morgan fingerprint density at radius 2 is 1.69 bits per heavy atom. The van der Waals surface area contributed by atoms with Crippen LogP contribution in [-0.4, -0.2) is 14.4 Å². The maximum absolute atomic E-state index is 11.7. The first kappa shape index (κ1) is 12.3. The topological polar surface area (TPSA) is 125 Å². The van der Waals surface area contributed by atoms with Crippen molar-refractivity contribution in [2.75, 3.05) is 5.73 Å². The van der Waals surface area contributed by atoms with Crippen LogP contribution in [0.5, 0.6) is 0 Å². The third kappa shape index (κ3) is 2.43. The van der Waals surface area contributed by atoms with Crippen LogP contribution in [0, 0.1) is 13.8 Å². The number of guanidine groups is 1. The molecule has 88 valence electrons. The summed E-state index contributed by atoms with van der Waals surface area (Å²) >= 11 is 0. The van der Waals surface area contributed by atoms with Gasteiger partial charge >= 0.3 is 0 Å². The van der Waals surface area contributed by atoms with Gasteiger partial charge in [-0.25, -0.2) is 0 Å². The van der Waals surface area contributed by atoms with Crippen LogP contribution < -0.4 is 17.2 Å². The Kier molecular flexibility index (Phi) is 3.09. The first-order valence-electron chi connectivity index (χ1n) is 4.46. The monoisotopic (exact) mass is 242 g/mol. The molecule has 0 saturated carbocycles. The van der Waals surface area contributed by atoms with Gasteiger partial charge in [0, 0.05) is 0 Å². The van der Waals surface area contributed by atoms with Crippen LogP contribution in [0.15, 0.2) is 21.4 Å². The molecule has 16 heavy (non-hydrogen) atoms. The van der Waals surface area contributed by atoms with Crippen LogP contribution in [0.2, 0.25) is 0 Å². The summed E-state index contributed by atoms with van der Waals surface area (Å²) in [5.74, 6) is -0.516. The lowest BCUT2D eigenvalue weighted by Crippen LogP contribution is -2.24. The van der Waals surface area contributed by atoms with Crippen molar-refractivity contribution in [2.45, 2.75) is 18.7 Å². The molecule has 0 aliphatic rings. The quantitative estimate of drug-likeness (QED) is 0.378. The van der Waals surface area contributed by atoms with Crippen LogP contribution in [-0.2, 0) is 10.0 Å². The Hall–Kier alpha value is -1.76. The minimum atomic E-state index is -3.92. The average Bonchev–Trinajstić information content (AvgIpc) is 2.08. The van der Waals surface area contributed by atoms with E-state index in [4.69, 9.17) is 17.2 Å². The summed E-state index contributed by atoms with van der Waals surface area (Å²) in [6, 6.07) is 3.02. The molecule has 0 heterocycles. The molecule has 0 aromatic heterocycles. The molecule has 7 heteroatoms. The lowest BCUT2D eigenvalue weighted by Gasteiger charge is -2.07. The molecule has 6 nitrogen and oxygen atoms in total. The van der Waals surface area contributed by atoms with Gasteiger partial charge < -0.3 is 17.2 Å². The second-order valence-electron chi connectivity index (χ2n) is 3.47. The van der Waals surface area contributed by atoms with E-state index >= 15 is 0 Å². The van der Waals surface area contributed by atoms with Crippen LogP contribution in [0.1, 0.15) is 11.1 Å².